The number of nitrogens with one attached hydrogen (secondary N) is 1. The smallest absolute Gasteiger partial charge is 0.279 e. The van der Waals surface area contributed by atoms with Gasteiger partial charge >= 0.3 is 0 Å². The molecule has 3 rings (SSSR count). The van der Waals surface area contributed by atoms with Gasteiger partial charge in [0.1, 0.15) is 11.9 Å². The van der Waals surface area contributed by atoms with Crippen LogP contribution in [0.5, 0.6) is 0 Å². The average Bonchev–Trinajstić information content (AvgIpc) is 2.93. The largest absolute Gasteiger partial charge is 0.388 e. The fourth-order valence-corrected chi connectivity index (χ4v) is 2.78. The van der Waals surface area contributed by atoms with Crippen molar-refractivity contribution in [3.8, 4) is 0 Å². The molecule has 108 valence electrons. The zero-order valence-electron chi connectivity index (χ0n) is 11.7. The van der Waals surface area contributed by atoms with Gasteiger partial charge in [0.05, 0.1) is 12.4 Å². The molecule has 1 aliphatic rings. The van der Waals surface area contributed by atoms with E-state index in [-0.39, 0.29) is 23.1 Å². The van der Waals surface area contributed by atoms with Crippen LogP contribution in [0.3, 0.4) is 0 Å². The second-order valence-electron chi connectivity index (χ2n) is 5.30. The summed E-state index contributed by atoms with van der Waals surface area (Å²) in [5, 5.41) is 10.3. The molecule has 7 heteroatoms. The van der Waals surface area contributed by atoms with Crippen LogP contribution in [0.25, 0.3) is 11.2 Å². The third-order valence-electron chi connectivity index (χ3n) is 3.96. The summed E-state index contributed by atoms with van der Waals surface area (Å²) >= 11 is 0. The summed E-state index contributed by atoms with van der Waals surface area (Å²) in [4.78, 5) is 22.8. The van der Waals surface area contributed by atoms with Gasteiger partial charge in [-0.05, 0) is 13.3 Å². The van der Waals surface area contributed by atoms with Crippen molar-refractivity contribution in [1.29, 1.82) is 0 Å². The van der Waals surface area contributed by atoms with Gasteiger partial charge in [0.15, 0.2) is 17.4 Å². The number of fused-ring (bicyclic) bond motifs is 1. The summed E-state index contributed by atoms with van der Waals surface area (Å²) in [6.45, 7) is 5.69. The molecule has 0 spiro atoms. The first-order valence-electron chi connectivity index (χ1n) is 6.80. The molecule has 4 atom stereocenters. The zero-order valence-corrected chi connectivity index (χ0v) is 11.7. The normalized spacial score (nSPS) is 30.2. The van der Waals surface area contributed by atoms with Crippen molar-refractivity contribution in [3.05, 3.63) is 22.5 Å². The van der Waals surface area contributed by atoms with Crippen molar-refractivity contribution in [3.63, 3.8) is 0 Å². The molecule has 3 heterocycles. The number of aryl methyl sites for hydroxylation is 1. The maximum Gasteiger partial charge on any atom is 0.279 e. The fraction of sp³-hybridized carbons (Fsp3) is 0.615. The monoisotopic (exact) mass is 278 g/mol. The first kappa shape index (κ1) is 13.3. The Bertz CT molecular complexity index is 692. The van der Waals surface area contributed by atoms with E-state index in [1.165, 1.54) is 6.33 Å². The molecular weight excluding hydrogens is 260 g/mol. The van der Waals surface area contributed by atoms with E-state index in [1.807, 2.05) is 13.8 Å². The number of aromatic amines is 1. The molecule has 20 heavy (non-hydrogen) atoms. The summed E-state index contributed by atoms with van der Waals surface area (Å²) in [6, 6.07) is 0. The summed E-state index contributed by atoms with van der Waals surface area (Å²) in [5.74, 6) is 0.544. The molecule has 7 nitrogen and oxygen atoms in total. The number of hydrogen-bond donors (Lipinski definition) is 2. The molecule has 1 aliphatic heterocycles. The van der Waals surface area contributed by atoms with Crippen LogP contribution in [0, 0.1) is 12.8 Å². The number of imidazole rings is 1. The Balaban J connectivity index is 2.09. The highest BCUT2D eigenvalue weighted by molar-refractivity contribution is 5.69. The highest BCUT2D eigenvalue weighted by atomic mass is 16.5. The maximum atomic E-state index is 11.8. The van der Waals surface area contributed by atoms with Crippen LogP contribution in [-0.2, 0) is 4.74 Å². The molecule has 0 radical (unpaired) electrons. The van der Waals surface area contributed by atoms with Crippen molar-refractivity contribution in [2.45, 2.75) is 45.6 Å². The molecule has 0 amide bonds. The summed E-state index contributed by atoms with van der Waals surface area (Å²) in [5.41, 5.74) is 0.428. The summed E-state index contributed by atoms with van der Waals surface area (Å²) < 4.78 is 7.54. The Labute approximate surface area is 115 Å². The Morgan fingerprint density at radius 3 is 2.95 bits per heavy atom. The molecule has 1 saturated heterocycles. The topological polar surface area (TPSA) is 93.0 Å². The molecule has 2 N–H and O–H groups in total. The third-order valence-corrected chi connectivity index (χ3v) is 3.96. The van der Waals surface area contributed by atoms with Crippen LogP contribution >= 0.6 is 0 Å². The Morgan fingerprint density at radius 2 is 2.30 bits per heavy atom. The van der Waals surface area contributed by atoms with Crippen LogP contribution < -0.4 is 5.56 Å². The molecule has 2 aromatic heterocycles. The second-order valence-corrected chi connectivity index (χ2v) is 5.30. The van der Waals surface area contributed by atoms with Gasteiger partial charge in [0, 0.05) is 5.92 Å². The van der Waals surface area contributed by atoms with Crippen LogP contribution in [0.2, 0.25) is 0 Å². The minimum atomic E-state index is -0.640. The van der Waals surface area contributed by atoms with E-state index < -0.39 is 12.3 Å². The average molecular weight is 278 g/mol. The number of H-pyrrole nitrogens is 1. The van der Waals surface area contributed by atoms with Gasteiger partial charge in [-0.3, -0.25) is 9.36 Å². The van der Waals surface area contributed by atoms with Crippen molar-refractivity contribution >= 4 is 11.2 Å². The van der Waals surface area contributed by atoms with Gasteiger partial charge in [-0.25, -0.2) is 9.97 Å². The van der Waals surface area contributed by atoms with Crippen molar-refractivity contribution in [2.75, 3.05) is 0 Å². The molecule has 1 unspecified atom stereocenters. The third kappa shape index (κ3) is 1.85. The summed E-state index contributed by atoms with van der Waals surface area (Å²) in [7, 11) is 0. The van der Waals surface area contributed by atoms with E-state index in [0.717, 1.165) is 6.42 Å². The first-order chi connectivity index (χ1) is 9.52. The van der Waals surface area contributed by atoms with Gasteiger partial charge < -0.3 is 14.8 Å². The van der Waals surface area contributed by atoms with Crippen LogP contribution in [0.4, 0.5) is 0 Å². The van der Waals surface area contributed by atoms with Crippen molar-refractivity contribution in [2.24, 2.45) is 5.92 Å². The van der Waals surface area contributed by atoms with Gasteiger partial charge in [-0.1, -0.05) is 13.8 Å². The predicted octanol–water partition coefficient (Wildman–Crippen LogP) is 0.732. The second kappa shape index (κ2) is 4.68. The molecule has 0 bridgehead atoms. The number of ether oxygens (including phenoxy) is 1. The number of aromatic nitrogens is 4. The van der Waals surface area contributed by atoms with Gasteiger partial charge in [0.25, 0.3) is 5.56 Å². The van der Waals surface area contributed by atoms with E-state index in [0.29, 0.717) is 11.5 Å². The fourth-order valence-electron chi connectivity index (χ4n) is 2.78. The van der Waals surface area contributed by atoms with Crippen LogP contribution in [0.15, 0.2) is 11.1 Å². The number of hydrogen-bond acceptors (Lipinski definition) is 5. The predicted molar refractivity (Wildman–Crippen MR) is 72.3 cm³/mol. The molecule has 0 aromatic carbocycles. The van der Waals surface area contributed by atoms with E-state index in [2.05, 4.69) is 15.0 Å². The lowest BCUT2D eigenvalue weighted by molar-refractivity contribution is -0.0355. The Hall–Kier alpha value is -1.73. The van der Waals surface area contributed by atoms with E-state index >= 15 is 0 Å². The highest BCUT2D eigenvalue weighted by Crippen LogP contribution is 2.35. The SMILES string of the molecule is CC[C@H]1O[C@@H](n2cnc3c(=O)[nH]c(C)nc32)C(O)[C@H]1C. The molecular formula is C13H18N4O3. The minimum absolute atomic E-state index is 0.00413. The van der Waals surface area contributed by atoms with E-state index in [4.69, 9.17) is 4.74 Å². The molecule has 1 fully saturated rings. The number of aliphatic hydroxyl groups is 1. The van der Waals surface area contributed by atoms with Crippen molar-refractivity contribution < 1.29 is 9.84 Å². The first-order valence-corrected chi connectivity index (χ1v) is 6.80. The van der Waals surface area contributed by atoms with Gasteiger partial charge in [0.2, 0.25) is 0 Å². The Morgan fingerprint density at radius 1 is 1.55 bits per heavy atom. The maximum absolute atomic E-state index is 11.8. The van der Waals surface area contributed by atoms with E-state index in [9.17, 15) is 9.90 Å². The lowest BCUT2D eigenvalue weighted by Crippen LogP contribution is -2.24. The standard InChI is InChI=1S/C13H18N4O3/c1-4-8-6(2)10(18)13(20-8)17-5-14-9-11(17)15-7(3)16-12(9)19/h5-6,8,10,13,18H,4H2,1-3H3,(H,15,16,19)/t6-,8+,10?,13+/m0/s1. The molecule has 2 aromatic rings. The van der Waals surface area contributed by atoms with Gasteiger partial charge in [-0.15, -0.1) is 0 Å². The minimum Gasteiger partial charge on any atom is -0.388 e. The van der Waals surface area contributed by atoms with Crippen LogP contribution in [0.1, 0.15) is 32.3 Å². The lowest BCUT2D eigenvalue weighted by atomic mass is 9.99. The quantitative estimate of drug-likeness (QED) is 0.845. The number of rotatable bonds is 2. The number of nitrogens with zero attached hydrogens (tertiary/aromatic N) is 3. The Kier molecular flexibility index (Phi) is 3.10. The summed E-state index contributed by atoms with van der Waals surface area (Å²) in [6.07, 6.45) is 1.14. The highest BCUT2D eigenvalue weighted by Gasteiger charge is 2.41. The van der Waals surface area contributed by atoms with Crippen molar-refractivity contribution in [1.82, 2.24) is 19.5 Å². The van der Waals surface area contributed by atoms with Gasteiger partial charge in [-0.2, -0.15) is 0 Å². The zero-order chi connectivity index (χ0) is 14.4. The number of aliphatic hydroxyl groups excluding tert-OH is 1. The lowest BCUT2D eigenvalue weighted by Gasteiger charge is -2.17. The van der Waals surface area contributed by atoms with Crippen LogP contribution in [-0.4, -0.2) is 36.8 Å². The molecule has 0 aliphatic carbocycles. The van der Waals surface area contributed by atoms with E-state index in [1.54, 1.807) is 11.5 Å². The molecule has 0 saturated carbocycles.